The number of carbonyl (C=O) groups is 1. The Morgan fingerprint density at radius 3 is 2.09 bits per heavy atom. The van der Waals surface area contributed by atoms with Crippen LogP contribution in [0.3, 0.4) is 0 Å². The van der Waals surface area contributed by atoms with Gasteiger partial charge in [-0.25, -0.2) is 8.42 Å². The highest BCUT2D eigenvalue weighted by Crippen LogP contribution is 2.27. The Hall–Kier alpha value is -2.07. The van der Waals surface area contributed by atoms with Gasteiger partial charge in [0.2, 0.25) is 15.9 Å². The van der Waals surface area contributed by atoms with E-state index in [1.165, 1.54) is 9.99 Å². The monoisotopic (exact) mass is 488 g/mol. The number of anilines is 2. The molecule has 1 N–H and O–H groups in total. The first kappa shape index (κ1) is 24.1. The van der Waals surface area contributed by atoms with E-state index in [1.54, 1.807) is 23.9 Å². The molecule has 0 unspecified atom stereocenters. The van der Waals surface area contributed by atoms with Crippen molar-refractivity contribution in [2.45, 2.75) is 22.6 Å². The summed E-state index contributed by atoms with van der Waals surface area (Å²) < 4.78 is 27.4. The molecular formula is C24H32N4O3S2. The average Bonchev–Trinajstić information content (AvgIpc) is 2.85. The van der Waals surface area contributed by atoms with Gasteiger partial charge in [0.15, 0.2) is 0 Å². The maximum atomic E-state index is 12.9. The van der Waals surface area contributed by atoms with E-state index in [9.17, 15) is 13.2 Å². The lowest BCUT2D eigenvalue weighted by atomic mass is 9.97. The fourth-order valence-corrected chi connectivity index (χ4v) is 6.20. The summed E-state index contributed by atoms with van der Waals surface area (Å²) >= 11 is 1.58. The Morgan fingerprint density at radius 2 is 1.52 bits per heavy atom. The predicted octanol–water partition coefficient (Wildman–Crippen LogP) is 3.20. The molecule has 4 rings (SSSR count). The lowest BCUT2D eigenvalue weighted by Gasteiger charge is -2.34. The third-order valence-corrected chi connectivity index (χ3v) is 9.18. The molecule has 2 fully saturated rings. The molecule has 178 valence electrons. The van der Waals surface area contributed by atoms with E-state index in [0.29, 0.717) is 30.8 Å². The number of hydrogen-bond donors (Lipinski definition) is 1. The minimum Gasteiger partial charge on any atom is -0.369 e. The van der Waals surface area contributed by atoms with E-state index in [-0.39, 0.29) is 11.8 Å². The summed E-state index contributed by atoms with van der Waals surface area (Å²) in [6.07, 6.45) is 3.00. The van der Waals surface area contributed by atoms with Gasteiger partial charge in [0.05, 0.1) is 4.90 Å². The van der Waals surface area contributed by atoms with Crippen LogP contribution in [0.15, 0.2) is 58.3 Å². The first-order chi connectivity index (χ1) is 15.9. The van der Waals surface area contributed by atoms with E-state index in [0.717, 1.165) is 36.8 Å². The molecule has 2 aromatic carbocycles. The van der Waals surface area contributed by atoms with Gasteiger partial charge in [0.1, 0.15) is 0 Å². The van der Waals surface area contributed by atoms with Crippen molar-refractivity contribution < 1.29 is 13.2 Å². The molecule has 7 nitrogen and oxygen atoms in total. The Labute approximate surface area is 201 Å². The second-order valence-corrected chi connectivity index (χ2v) is 11.5. The summed E-state index contributed by atoms with van der Waals surface area (Å²) in [7, 11) is -1.39. The van der Waals surface area contributed by atoms with Crippen molar-refractivity contribution in [2.75, 3.05) is 62.8 Å². The van der Waals surface area contributed by atoms with Crippen molar-refractivity contribution in [1.82, 2.24) is 9.21 Å². The third-order valence-electron chi connectivity index (χ3n) is 6.53. The van der Waals surface area contributed by atoms with Crippen LogP contribution >= 0.6 is 11.8 Å². The smallest absolute Gasteiger partial charge is 0.243 e. The summed E-state index contributed by atoms with van der Waals surface area (Å²) in [5.74, 6) is -0.226. The van der Waals surface area contributed by atoms with Crippen LogP contribution in [0.4, 0.5) is 11.4 Å². The molecule has 1 amide bonds. The molecule has 2 saturated heterocycles. The zero-order valence-electron chi connectivity index (χ0n) is 19.2. The Balaban J connectivity index is 1.30. The molecule has 2 aromatic rings. The number of nitrogens with zero attached hydrogens (tertiary/aromatic N) is 3. The quantitative estimate of drug-likeness (QED) is 0.630. The van der Waals surface area contributed by atoms with Crippen molar-refractivity contribution >= 4 is 39.1 Å². The highest BCUT2D eigenvalue weighted by Gasteiger charge is 2.32. The fraction of sp³-hybridized carbons (Fsp3) is 0.458. The van der Waals surface area contributed by atoms with Crippen molar-refractivity contribution in [1.29, 1.82) is 0 Å². The zero-order chi connectivity index (χ0) is 23.4. The molecule has 0 radical (unpaired) electrons. The minimum absolute atomic E-state index is 0.0382. The second kappa shape index (κ2) is 10.5. The first-order valence-electron chi connectivity index (χ1n) is 11.4. The number of likely N-dealkylation sites (N-methyl/N-ethyl adjacent to an activating group) is 1. The molecule has 33 heavy (non-hydrogen) atoms. The molecule has 9 heteroatoms. The maximum absolute atomic E-state index is 12.9. The van der Waals surface area contributed by atoms with Crippen molar-refractivity contribution in [3.8, 4) is 0 Å². The largest absolute Gasteiger partial charge is 0.369 e. The van der Waals surface area contributed by atoms with Gasteiger partial charge in [-0.05, 0) is 74.7 Å². The number of hydrogen-bond acceptors (Lipinski definition) is 6. The van der Waals surface area contributed by atoms with Gasteiger partial charge in [-0.3, -0.25) is 4.79 Å². The number of amides is 1. The summed E-state index contributed by atoms with van der Waals surface area (Å²) in [5.41, 5.74) is 1.95. The number of nitrogens with one attached hydrogen (secondary N) is 1. The topological polar surface area (TPSA) is 73.0 Å². The first-order valence-corrected chi connectivity index (χ1v) is 14.0. The fourth-order valence-electron chi connectivity index (χ4n) is 4.32. The minimum atomic E-state index is -3.53. The zero-order valence-corrected chi connectivity index (χ0v) is 20.9. The Kier molecular flexibility index (Phi) is 7.63. The highest BCUT2D eigenvalue weighted by molar-refractivity contribution is 7.98. The molecule has 0 spiro atoms. The van der Waals surface area contributed by atoms with Crippen molar-refractivity contribution in [2.24, 2.45) is 5.92 Å². The molecule has 2 aliphatic heterocycles. The van der Waals surface area contributed by atoms with Crippen molar-refractivity contribution in [3.63, 3.8) is 0 Å². The number of thioether (sulfide) groups is 1. The number of sulfonamides is 1. The number of piperazine rings is 1. The normalized spacial score (nSPS) is 18.9. The van der Waals surface area contributed by atoms with Gasteiger partial charge in [0.25, 0.3) is 0 Å². The summed E-state index contributed by atoms with van der Waals surface area (Å²) in [4.78, 5) is 18.8. The lowest BCUT2D eigenvalue weighted by Crippen LogP contribution is -2.44. The number of rotatable bonds is 6. The lowest BCUT2D eigenvalue weighted by molar-refractivity contribution is -0.120. The van der Waals surface area contributed by atoms with Crippen LogP contribution in [-0.2, 0) is 14.8 Å². The van der Waals surface area contributed by atoms with Gasteiger partial charge in [0, 0.05) is 61.5 Å². The standard InChI is InChI=1S/C24H32N4O3S2/c1-26-15-17-27(18-16-26)21-5-3-20(4-6-21)25-24(29)19-11-13-28(14-12-19)33(30,31)23-9-7-22(32-2)8-10-23/h3-10,19H,11-18H2,1-2H3,(H,25,29). The molecule has 2 aliphatic rings. The molecule has 0 saturated carbocycles. The second-order valence-electron chi connectivity index (χ2n) is 8.68. The summed E-state index contributed by atoms with van der Waals surface area (Å²) in [6.45, 7) is 4.82. The predicted molar refractivity (Wildman–Crippen MR) is 134 cm³/mol. The maximum Gasteiger partial charge on any atom is 0.243 e. The van der Waals surface area contributed by atoms with Gasteiger partial charge >= 0.3 is 0 Å². The molecule has 0 atom stereocenters. The van der Waals surface area contributed by atoms with Crippen LogP contribution in [-0.4, -0.2) is 76.1 Å². The molecule has 0 aromatic heterocycles. The van der Waals surface area contributed by atoms with Crippen LogP contribution in [0.1, 0.15) is 12.8 Å². The number of carbonyl (C=O) groups excluding carboxylic acids is 1. The molecule has 0 bridgehead atoms. The number of piperidine rings is 1. The van der Waals surface area contributed by atoms with Crippen molar-refractivity contribution in [3.05, 3.63) is 48.5 Å². The van der Waals surface area contributed by atoms with Gasteiger partial charge in [-0.1, -0.05) is 0 Å². The Morgan fingerprint density at radius 1 is 0.909 bits per heavy atom. The SMILES string of the molecule is CSc1ccc(S(=O)(=O)N2CCC(C(=O)Nc3ccc(N4CCN(C)CC4)cc3)CC2)cc1. The average molecular weight is 489 g/mol. The number of benzene rings is 2. The van der Waals surface area contributed by atoms with E-state index in [2.05, 4.69) is 34.3 Å². The van der Waals surface area contributed by atoms with E-state index in [4.69, 9.17) is 0 Å². The van der Waals surface area contributed by atoms with Crippen LogP contribution in [0.5, 0.6) is 0 Å². The van der Waals surface area contributed by atoms with Gasteiger partial charge in [-0.15, -0.1) is 11.8 Å². The van der Waals surface area contributed by atoms with Crippen LogP contribution < -0.4 is 10.2 Å². The van der Waals surface area contributed by atoms with E-state index in [1.807, 2.05) is 30.5 Å². The van der Waals surface area contributed by atoms with Crippen LogP contribution in [0, 0.1) is 5.92 Å². The summed E-state index contributed by atoms with van der Waals surface area (Å²) in [5, 5.41) is 3.01. The van der Waals surface area contributed by atoms with Crippen LogP contribution in [0.2, 0.25) is 0 Å². The highest BCUT2D eigenvalue weighted by atomic mass is 32.2. The molecule has 0 aliphatic carbocycles. The van der Waals surface area contributed by atoms with Crippen LogP contribution in [0.25, 0.3) is 0 Å². The van der Waals surface area contributed by atoms with E-state index < -0.39 is 10.0 Å². The molecular weight excluding hydrogens is 456 g/mol. The van der Waals surface area contributed by atoms with Gasteiger partial charge in [-0.2, -0.15) is 4.31 Å². The van der Waals surface area contributed by atoms with E-state index >= 15 is 0 Å². The summed E-state index contributed by atoms with van der Waals surface area (Å²) in [6, 6.07) is 15.0. The molecule has 2 heterocycles. The third kappa shape index (κ3) is 5.71. The van der Waals surface area contributed by atoms with Gasteiger partial charge < -0.3 is 15.1 Å². The Bertz CT molecular complexity index is 1040.